The number of nitrogens with zero attached hydrogens (tertiary/aromatic N) is 1. The molecule has 0 fully saturated rings. The molecule has 3 nitrogen and oxygen atoms in total. The van der Waals surface area contributed by atoms with E-state index in [1.54, 1.807) is 24.3 Å². The summed E-state index contributed by atoms with van der Waals surface area (Å²) in [4.78, 5) is 3.97. The van der Waals surface area contributed by atoms with E-state index in [1.165, 1.54) is 0 Å². The van der Waals surface area contributed by atoms with Crippen molar-refractivity contribution < 1.29 is 5.11 Å². The molecule has 0 atom stereocenters. The van der Waals surface area contributed by atoms with Crippen LogP contribution in [0.2, 0.25) is 5.15 Å². The highest BCUT2D eigenvalue weighted by Gasteiger charge is 2.04. The van der Waals surface area contributed by atoms with E-state index in [0.29, 0.717) is 16.4 Å². The van der Waals surface area contributed by atoms with Crippen molar-refractivity contribution in [2.24, 2.45) is 0 Å². The molecule has 0 aliphatic carbocycles. The maximum Gasteiger partial charge on any atom is 0.165 e. The minimum Gasteiger partial charge on any atom is -0.504 e. The maximum atomic E-state index is 9.54. The van der Waals surface area contributed by atoms with Crippen LogP contribution in [-0.2, 0) is 0 Å². The lowest BCUT2D eigenvalue weighted by molar-refractivity contribution is 0.483. The molecule has 66 valence electrons. The smallest absolute Gasteiger partial charge is 0.165 e. The number of phenolic OH excluding ortho intramolecular Hbond substituents is 1. The number of fused-ring (bicyclic) bond motifs is 1. The predicted octanol–water partition coefficient (Wildman–Crippen LogP) is 2.18. The van der Waals surface area contributed by atoms with Gasteiger partial charge in [-0.05, 0) is 18.2 Å². The zero-order valence-electron chi connectivity index (χ0n) is 6.66. The Morgan fingerprint density at radius 3 is 2.69 bits per heavy atom. The first-order valence-corrected chi connectivity index (χ1v) is 4.10. The second kappa shape index (κ2) is 2.78. The number of aromatic hydroxyl groups is 1. The molecule has 2 aromatic rings. The van der Waals surface area contributed by atoms with E-state index in [9.17, 15) is 5.11 Å². The lowest BCUT2D eigenvalue weighted by Gasteiger charge is -2.02. The Morgan fingerprint density at radius 1 is 1.23 bits per heavy atom. The number of halogens is 1. The normalized spacial score (nSPS) is 10.5. The molecule has 0 saturated carbocycles. The average molecular weight is 195 g/mol. The van der Waals surface area contributed by atoms with E-state index in [1.807, 2.05) is 0 Å². The average Bonchev–Trinajstić information content (AvgIpc) is 2.12. The van der Waals surface area contributed by atoms with Crippen LogP contribution in [0.3, 0.4) is 0 Å². The summed E-state index contributed by atoms with van der Waals surface area (Å²) in [5.74, 6) is -0.0139. The highest BCUT2D eigenvalue weighted by Crippen LogP contribution is 2.29. The van der Waals surface area contributed by atoms with Crippen LogP contribution in [0, 0.1) is 0 Å². The minimum atomic E-state index is -0.0139. The van der Waals surface area contributed by atoms with Crippen LogP contribution in [-0.4, -0.2) is 10.1 Å². The van der Waals surface area contributed by atoms with Gasteiger partial charge in [-0.3, -0.25) is 0 Å². The fourth-order valence-corrected chi connectivity index (χ4v) is 1.31. The Balaban J connectivity index is 2.89. The third kappa shape index (κ3) is 1.27. The summed E-state index contributed by atoms with van der Waals surface area (Å²) < 4.78 is 0. The number of phenols is 1. The molecule has 0 aliphatic rings. The Morgan fingerprint density at radius 2 is 1.92 bits per heavy atom. The number of aromatic nitrogens is 1. The van der Waals surface area contributed by atoms with Crippen molar-refractivity contribution in [2.45, 2.75) is 0 Å². The Bertz CT molecular complexity index is 465. The van der Waals surface area contributed by atoms with Crippen molar-refractivity contribution in [3.63, 3.8) is 0 Å². The van der Waals surface area contributed by atoms with Gasteiger partial charge in [0.2, 0.25) is 0 Å². The van der Waals surface area contributed by atoms with E-state index in [4.69, 9.17) is 17.3 Å². The molecular formula is C9H7ClN2O. The zero-order valence-corrected chi connectivity index (χ0v) is 7.42. The molecule has 0 bridgehead atoms. The zero-order chi connectivity index (χ0) is 9.42. The van der Waals surface area contributed by atoms with E-state index in [2.05, 4.69) is 4.98 Å². The molecule has 0 saturated heterocycles. The van der Waals surface area contributed by atoms with Crippen molar-refractivity contribution in [1.82, 2.24) is 4.98 Å². The molecule has 0 spiro atoms. The summed E-state index contributed by atoms with van der Waals surface area (Å²) >= 11 is 5.68. The predicted molar refractivity (Wildman–Crippen MR) is 52.8 cm³/mol. The van der Waals surface area contributed by atoms with Crippen LogP contribution >= 0.6 is 11.6 Å². The van der Waals surface area contributed by atoms with E-state index in [-0.39, 0.29) is 5.75 Å². The first kappa shape index (κ1) is 8.13. The van der Waals surface area contributed by atoms with Crippen LogP contribution in [0.25, 0.3) is 10.9 Å². The van der Waals surface area contributed by atoms with Gasteiger partial charge in [0.1, 0.15) is 10.7 Å². The number of pyridine rings is 1. The minimum absolute atomic E-state index is 0.0139. The SMILES string of the molecule is Nc1ccc2ccc(Cl)nc2c1O. The first-order chi connectivity index (χ1) is 6.18. The molecule has 3 N–H and O–H groups in total. The van der Waals surface area contributed by atoms with Gasteiger partial charge in [-0.25, -0.2) is 4.98 Å². The van der Waals surface area contributed by atoms with Gasteiger partial charge >= 0.3 is 0 Å². The highest BCUT2D eigenvalue weighted by molar-refractivity contribution is 6.29. The fourth-order valence-electron chi connectivity index (χ4n) is 1.17. The summed E-state index contributed by atoms with van der Waals surface area (Å²) in [5, 5.41) is 10.7. The number of nitrogen functional groups attached to an aromatic ring is 1. The summed E-state index contributed by atoms with van der Waals surface area (Å²) in [5.41, 5.74) is 6.25. The molecule has 0 radical (unpaired) electrons. The maximum absolute atomic E-state index is 9.54. The van der Waals surface area contributed by atoms with Crippen LogP contribution < -0.4 is 5.73 Å². The summed E-state index contributed by atoms with van der Waals surface area (Å²) in [7, 11) is 0. The third-order valence-electron chi connectivity index (χ3n) is 1.83. The molecule has 13 heavy (non-hydrogen) atoms. The van der Waals surface area contributed by atoms with E-state index in [0.717, 1.165) is 5.39 Å². The molecule has 0 unspecified atom stereocenters. The van der Waals surface area contributed by atoms with Crippen LogP contribution in [0.1, 0.15) is 0 Å². The highest BCUT2D eigenvalue weighted by atomic mass is 35.5. The van der Waals surface area contributed by atoms with E-state index < -0.39 is 0 Å². The molecule has 2 rings (SSSR count). The van der Waals surface area contributed by atoms with Gasteiger partial charge in [-0.15, -0.1) is 0 Å². The van der Waals surface area contributed by atoms with Gasteiger partial charge in [0.05, 0.1) is 5.69 Å². The van der Waals surface area contributed by atoms with Gasteiger partial charge in [0.15, 0.2) is 5.75 Å². The largest absolute Gasteiger partial charge is 0.504 e. The van der Waals surface area contributed by atoms with Gasteiger partial charge in [0, 0.05) is 5.39 Å². The molecule has 1 aromatic carbocycles. The molecule has 4 heteroatoms. The van der Waals surface area contributed by atoms with Crippen LogP contribution in [0.5, 0.6) is 5.75 Å². The number of anilines is 1. The van der Waals surface area contributed by atoms with Crippen LogP contribution in [0.15, 0.2) is 24.3 Å². The molecule has 0 aliphatic heterocycles. The second-order valence-corrected chi connectivity index (χ2v) is 3.10. The summed E-state index contributed by atoms with van der Waals surface area (Å²) in [6.45, 7) is 0. The molecular weight excluding hydrogens is 188 g/mol. The van der Waals surface area contributed by atoms with Gasteiger partial charge in [-0.2, -0.15) is 0 Å². The molecule has 0 amide bonds. The molecule has 1 heterocycles. The summed E-state index contributed by atoms with van der Waals surface area (Å²) in [6.07, 6.45) is 0. The monoisotopic (exact) mass is 194 g/mol. The number of hydrogen-bond acceptors (Lipinski definition) is 3. The topological polar surface area (TPSA) is 59.1 Å². The lowest BCUT2D eigenvalue weighted by Crippen LogP contribution is -1.88. The fraction of sp³-hybridized carbons (Fsp3) is 0. The van der Waals surface area contributed by atoms with Crippen molar-refractivity contribution >= 4 is 28.2 Å². The Kier molecular flexibility index (Phi) is 1.74. The number of benzene rings is 1. The Labute approximate surface area is 79.8 Å². The molecule has 1 aromatic heterocycles. The summed E-state index contributed by atoms with van der Waals surface area (Å²) in [6, 6.07) is 6.87. The lowest BCUT2D eigenvalue weighted by atomic mass is 10.2. The van der Waals surface area contributed by atoms with Crippen molar-refractivity contribution in [2.75, 3.05) is 5.73 Å². The van der Waals surface area contributed by atoms with Crippen molar-refractivity contribution in [1.29, 1.82) is 0 Å². The quantitative estimate of drug-likeness (QED) is 0.384. The number of nitrogens with two attached hydrogens (primary N) is 1. The second-order valence-electron chi connectivity index (χ2n) is 2.71. The van der Waals surface area contributed by atoms with Crippen molar-refractivity contribution in [3.8, 4) is 5.75 Å². The number of rotatable bonds is 0. The van der Waals surface area contributed by atoms with Crippen LogP contribution in [0.4, 0.5) is 5.69 Å². The standard InChI is InChI=1S/C9H7ClN2O/c10-7-4-2-5-1-3-6(11)9(13)8(5)12-7/h1-4,13H,11H2. The van der Waals surface area contributed by atoms with Crippen molar-refractivity contribution in [3.05, 3.63) is 29.4 Å². The van der Waals surface area contributed by atoms with Gasteiger partial charge in [0.25, 0.3) is 0 Å². The Hall–Kier alpha value is -1.48. The first-order valence-electron chi connectivity index (χ1n) is 3.72. The third-order valence-corrected chi connectivity index (χ3v) is 2.04. The van der Waals surface area contributed by atoms with Gasteiger partial charge in [-0.1, -0.05) is 17.7 Å². The number of hydrogen-bond donors (Lipinski definition) is 2. The van der Waals surface area contributed by atoms with E-state index >= 15 is 0 Å². The van der Waals surface area contributed by atoms with Gasteiger partial charge < -0.3 is 10.8 Å².